The van der Waals surface area contributed by atoms with Crippen molar-refractivity contribution >= 4 is 27.5 Å². The number of rotatable bonds is 7. The van der Waals surface area contributed by atoms with Crippen LogP contribution >= 0.6 is 0 Å². The Hall–Kier alpha value is -3.72. The predicted octanol–water partition coefficient (Wildman–Crippen LogP) is 3.10. The van der Waals surface area contributed by atoms with Gasteiger partial charge in [-0.2, -0.15) is 0 Å². The predicted molar refractivity (Wildman–Crippen MR) is 110 cm³/mol. The van der Waals surface area contributed by atoms with Crippen molar-refractivity contribution in [2.75, 3.05) is 7.11 Å². The van der Waals surface area contributed by atoms with Crippen LogP contribution in [0.5, 0.6) is 0 Å². The summed E-state index contributed by atoms with van der Waals surface area (Å²) in [5.74, 6) is -3.32. The number of aromatic nitrogens is 1. The normalized spacial score (nSPS) is 11.9. The molecule has 0 bridgehead atoms. The quantitative estimate of drug-likeness (QED) is 0.261. The number of aliphatic hydroxyl groups excluding tert-OH is 1. The van der Waals surface area contributed by atoms with E-state index >= 15 is 0 Å². The molecular weight excluding hydrogens is 425 g/mol. The lowest BCUT2D eigenvalue weighted by Gasteiger charge is -2.05. The van der Waals surface area contributed by atoms with Crippen molar-refractivity contribution in [2.24, 2.45) is 0 Å². The number of ketones is 1. The van der Waals surface area contributed by atoms with Gasteiger partial charge < -0.3 is 9.84 Å². The van der Waals surface area contributed by atoms with Crippen LogP contribution in [0.4, 0.5) is 4.39 Å². The summed E-state index contributed by atoms with van der Waals surface area (Å²) >= 11 is 0. The van der Waals surface area contributed by atoms with Gasteiger partial charge in [0.1, 0.15) is 11.6 Å². The summed E-state index contributed by atoms with van der Waals surface area (Å²) in [6, 6.07) is 13.2. The zero-order valence-corrected chi connectivity index (χ0v) is 17.2. The molecule has 0 saturated carbocycles. The van der Waals surface area contributed by atoms with E-state index in [1.807, 2.05) is 0 Å². The Labute approximate surface area is 178 Å². The maximum absolute atomic E-state index is 13.2. The van der Waals surface area contributed by atoms with E-state index < -0.39 is 33.4 Å². The van der Waals surface area contributed by atoms with Gasteiger partial charge in [-0.15, -0.1) is 0 Å². The topological polar surface area (TPSA) is 103 Å². The molecule has 3 rings (SSSR count). The molecule has 2 aromatic carbocycles. The lowest BCUT2D eigenvalue weighted by atomic mass is 10.0. The van der Waals surface area contributed by atoms with E-state index in [9.17, 15) is 27.5 Å². The third-order valence-corrected chi connectivity index (χ3v) is 6.08. The molecule has 0 unspecified atom stereocenters. The van der Waals surface area contributed by atoms with Crippen LogP contribution in [0.1, 0.15) is 16.7 Å². The number of carbonyl (C=O) groups excluding carboxylic acids is 2. The second-order valence-electron chi connectivity index (χ2n) is 6.53. The highest BCUT2D eigenvalue weighted by atomic mass is 32.2. The Bertz CT molecular complexity index is 1240. The van der Waals surface area contributed by atoms with Gasteiger partial charge in [0, 0.05) is 24.0 Å². The third kappa shape index (κ3) is 4.89. The maximum Gasteiger partial charge on any atom is 0.378 e. The summed E-state index contributed by atoms with van der Waals surface area (Å²) in [6.07, 6.45) is 3.25. The van der Waals surface area contributed by atoms with Crippen molar-refractivity contribution < 1.29 is 32.2 Å². The fourth-order valence-electron chi connectivity index (χ4n) is 2.88. The summed E-state index contributed by atoms with van der Waals surface area (Å²) in [5, 5.41) is 10.5. The molecule has 0 saturated heterocycles. The number of methoxy groups -OCH3 is 1. The second kappa shape index (κ2) is 8.97. The van der Waals surface area contributed by atoms with Gasteiger partial charge in [-0.05, 0) is 41.8 Å². The summed E-state index contributed by atoms with van der Waals surface area (Å²) < 4.78 is 44.4. The molecule has 0 atom stereocenters. The van der Waals surface area contributed by atoms with E-state index in [0.717, 1.165) is 17.3 Å². The fraction of sp³-hybridized carbons (Fsp3) is 0.0909. The van der Waals surface area contributed by atoms with Gasteiger partial charge >= 0.3 is 5.97 Å². The van der Waals surface area contributed by atoms with E-state index in [0.29, 0.717) is 17.2 Å². The number of benzene rings is 2. The summed E-state index contributed by atoms with van der Waals surface area (Å²) in [6.45, 7) is 0. The van der Waals surface area contributed by atoms with Gasteiger partial charge in [0.2, 0.25) is 0 Å². The first-order valence-corrected chi connectivity index (χ1v) is 10.5. The SMILES string of the molecule is COC(=O)C(=O)C=C(O)c1cn(S(=O)(=O)c2ccccc2)cc1Cc1ccc(F)cc1. The number of nitrogens with zero attached hydrogens (tertiary/aromatic N) is 1. The number of carbonyl (C=O) groups is 2. The minimum atomic E-state index is -3.98. The van der Waals surface area contributed by atoms with Crippen LogP contribution in [-0.4, -0.2) is 36.4 Å². The number of halogens is 1. The molecule has 0 spiro atoms. The Morgan fingerprint density at radius 2 is 1.71 bits per heavy atom. The lowest BCUT2D eigenvalue weighted by Crippen LogP contribution is -2.13. The molecule has 7 nitrogen and oxygen atoms in total. The van der Waals surface area contributed by atoms with Crippen LogP contribution < -0.4 is 0 Å². The monoisotopic (exact) mass is 443 g/mol. The van der Waals surface area contributed by atoms with Crippen molar-refractivity contribution in [2.45, 2.75) is 11.3 Å². The minimum Gasteiger partial charge on any atom is -0.507 e. The van der Waals surface area contributed by atoms with Crippen LogP contribution in [0.3, 0.4) is 0 Å². The fourth-order valence-corrected chi connectivity index (χ4v) is 4.13. The third-order valence-electron chi connectivity index (χ3n) is 4.44. The van der Waals surface area contributed by atoms with Crippen molar-refractivity contribution in [3.05, 3.63) is 95.6 Å². The van der Waals surface area contributed by atoms with Crippen LogP contribution in [0.25, 0.3) is 5.76 Å². The first-order chi connectivity index (χ1) is 14.7. The van der Waals surface area contributed by atoms with Crippen molar-refractivity contribution in [1.82, 2.24) is 3.97 Å². The largest absolute Gasteiger partial charge is 0.507 e. The molecule has 0 aliphatic carbocycles. The number of ether oxygens (including phenoxy) is 1. The van der Waals surface area contributed by atoms with Gasteiger partial charge in [-0.3, -0.25) is 4.79 Å². The molecule has 0 radical (unpaired) electrons. The van der Waals surface area contributed by atoms with Crippen molar-refractivity contribution in [1.29, 1.82) is 0 Å². The van der Waals surface area contributed by atoms with E-state index in [1.165, 1.54) is 42.6 Å². The van der Waals surface area contributed by atoms with Gasteiger partial charge in [-0.1, -0.05) is 30.3 Å². The molecule has 1 aromatic heterocycles. The summed E-state index contributed by atoms with van der Waals surface area (Å²) in [7, 11) is -2.96. The lowest BCUT2D eigenvalue weighted by molar-refractivity contribution is -0.149. The van der Waals surface area contributed by atoms with E-state index in [4.69, 9.17) is 0 Å². The van der Waals surface area contributed by atoms with E-state index in [1.54, 1.807) is 18.2 Å². The average Bonchev–Trinajstić information content (AvgIpc) is 3.20. The van der Waals surface area contributed by atoms with Gasteiger partial charge in [0.25, 0.3) is 15.8 Å². The van der Waals surface area contributed by atoms with Gasteiger partial charge in [-0.25, -0.2) is 21.6 Å². The highest BCUT2D eigenvalue weighted by Crippen LogP contribution is 2.25. The van der Waals surface area contributed by atoms with E-state index in [-0.39, 0.29) is 16.9 Å². The molecule has 1 heterocycles. The summed E-state index contributed by atoms with van der Waals surface area (Å²) in [4.78, 5) is 23.2. The van der Waals surface area contributed by atoms with Crippen LogP contribution in [-0.2, 0) is 30.8 Å². The zero-order valence-electron chi connectivity index (χ0n) is 16.4. The molecule has 0 aliphatic heterocycles. The molecular formula is C22H18FNO6S. The Morgan fingerprint density at radius 1 is 1.06 bits per heavy atom. The highest BCUT2D eigenvalue weighted by Gasteiger charge is 2.22. The second-order valence-corrected chi connectivity index (χ2v) is 8.38. The number of esters is 1. The number of hydrogen-bond donors (Lipinski definition) is 1. The standard InChI is InChI=1S/C22H18FNO6S/c1-30-22(27)21(26)12-20(25)19-14-24(31(28,29)18-5-3-2-4-6-18)13-16(19)11-15-7-9-17(23)10-8-15/h2-10,12-14,25H,11H2,1H3. The molecule has 1 N–H and O–H groups in total. The molecule has 0 amide bonds. The molecule has 0 aliphatic rings. The minimum absolute atomic E-state index is 0.0268. The van der Waals surface area contributed by atoms with Crippen LogP contribution in [0.15, 0.2) is 78.0 Å². The highest BCUT2D eigenvalue weighted by molar-refractivity contribution is 7.90. The van der Waals surface area contributed by atoms with Crippen molar-refractivity contribution in [3.63, 3.8) is 0 Å². The number of hydrogen-bond acceptors (Lipinski definition) is 6. The van der Waals surface area contributed by atoms with Gasteiger partial charge in [0.05, 0.1) is 12.0 Å². The van der Waals surface area contributed by atoms with Crippen LogP contribution in [0, 0.1) is 5.82 Å². The molecule has 160 valence electrons. The first-order valence-electron chi connectivity index (χ1n) is 9.01. The summed E-state index contributed by atoms with van der Waals surface area (Å²) in [5.41, 5.74) is 1.02. The van der Waals surface area contributed by atoms with Gasteiger partial charge in [0.15, 0.2) is 0 Å². The Morgan fingerprint density at radius 3 is 2.32 bits per heavy atom. The average molecular weight is 443 g/mol. The first kappa shape index (κ1) is 22.0. The maximum atomic E-state index is 13.2. The molecule has 31 heavy (non-hydrogen) atoms. The van der Waals surface area contributed by atoms with Crippen molar-refractivity contribution in [3.8, 4) is 0 Å². The van der Waals surface area contributed by atoms with Crippen LogP contribution in [0.2, 0.25) is 0 Å². The molecule has 9 heteroatoms. The zero-order chi connectivity index (χ0) is 22.6. The Kier molecular flexibility index (Phi) is 6.36. The molecule has 0 fully saturated rings. The smallest absolute Gasteiger partial charge is 0.378 e. The van der Waals surface area contributed by atoms with E-state index in [2.05, 4.69) is 4.74 Å². The number of aliphatic hydroxyl groups is 1. The Balaban J connectivity index is 2.09. The molecule has 3 aromatic rings.